The van der Waals surface area contributed by atoms with Crippen molar-refractivity contribution in [2.75, 3.05) is 6.61 Å². The molecule has 2 rings (SSSR count). The van der Waals surface area contributed by atoms with Gasteiger partial charge in [0.15, 0.2) is 0 Å². The van der Waals surface area contributed by atoms with E-state index in [4.69, 9.17) is 0 Å². The van der Waals surface area contributed by atoms with Crippen molar-refractivity contribution >= 4 is 0 Å². The molecule has 0 radical (unpaired) electrons. The molecule has 2 heteroatoms. The van der Waals surface area contributed by atoms with Crippen LogP contribution in [0.15, 0.2) is 11.1 Å². The highest BCUT2D eigenvalue weighted by Crippen LogP contribution is 2.59. The van der Waals surface area contributed by atoms with Crippen molar-refractivity contribution in [2.45, 2.75) is 59.5 Å². The predicted octanol–water partition coefficient (Wildman–Crippen LogP) is 2.89. The lowest BCUT2D eigenvalue weighted by molar-refractivity contribution is -0.0245. The summed E-state index contributed by atoms with van der Waals surface area (Å²) in [6, 6.07) is 0. The number of aliphatic hydroxyl groups is 2. The second kappa shape index (κ2) is 4.10. The van der Waals surface area contributed by atoms with Crippen LogP contribution in [-0.4, -0.2) is 22.9 Å². The van der Waals surface area contributed by atoms with E-state index in [2.05, 4.69) is 20.8 Å². The Bertz CT molecular complexity index is 343. The van der Waals surface area contributed by atoms with E-state index in [1.165, 1.54) is 12.8 Å². The van der Waals surface area contributed by atoms with Crippen LogP contribution in [0.1, 0.15) is 53.4 Å². The zero-order valence-corrected chi connectivity index (χ0v) is 11.6. The van der Waals surface area contributed by atoms with E-state index in [0.29, 0.717) is 5.92 Å². The molecular weight excluding hydrogens is 212 g/mol. The molecule has 1 saturated carbocycles. The maximum atomic E-state index is 10.2. The minimum Gasteiger partial charge on any atom is -0.392 e. The van der Waals surface area contributed by atoms with Gasteiger partial charge in [-0.25, -0.2) is 0 Å². The van der Waals surface area contributed by atoms with Crippen LogP contribution < -0.4 is 0 Å². The first kappa shape index (κ1) is 13.1. The number of hydrogen-bond acceptors (Lipinski definition) is 2. The fourth-order valence-electron chi connectivity index (χ4n) is 4.42. The molecule has 0 saturated heterocycles. The lowest BCUT2D eigenvalue weighted by Gasteiger charge is -2.55. The van der Waals surface area contributed by atoms with Crippen LogP contribution in [0, 0.1) is 16.7 Å². The van der Waals surface area contributed by atoms with Gasteiger partial charge in [-0.05, 0) is 54.1 Å². The van der Waals surface area contributed by atoms with Gasteiger partial charge >= 0.3 is 0 Å². The predicted molar refractivity (Wildman–Crippen MR) is 69.6 cm³/mol. The van der Waals surface area contributed by atoms with E-state index in [0.717, 1.165) is 24.0 Å². The van der Waals surface area contributed by atoms with Crippen molar-refractivity contribution in [3.63, 3.8) is 0 Å². The third-order valence-electron chi connectivity index (χ3n) is 5.51. The summed E-state index contributed by atoms with van der Waals surface area (Å²) in [5.74, 6) is 0.490. The van der Waals surface area contributed by atoms with Crippen molar-refractivity contribution in [2.24, 2.45) is 16.7 Å². The number of fused-ring (bicyclic) bond motifs is 1. The van der Waals surface area contributed by atoms with Gasteiger partial charge in [-0.2, -0.15) is 0 Å². The van der Waals surface area contributed by atoms with E-state index in [9.17, 15) is 10.2 Å². The average Bonchev–Trinajstić information content (AvgIpc) is 2.22. The molecule has 0 spiro atoms. The zero-order valence-electron chi connectivity index (χ0n) is 11.6. The van der Waals surface area contributed by atoms with Gasteiger partial charge in [-0.15, -0.1) is 0 Å². The molecule has 0 amide bonds. The van der Waals surface area contributed by atoms with E-state index in [-0.39, 0.29) is 23.5 Å². The fourth-order valence-corrected chi connectivity index (χ4v) is 4.42. The van der Waals surface area contributed by atoms with Crippen LogP contribution in [0.2, 0.25) is 0 Å². The summed E-state index contributed by atoms with van der Waals surface area (Å²) in [6.45, 7) is 9.01. The first-order valence-electron chi connectivity index (χ1n) is 6.82. The Morgan fingerprint density at radius 3 is 2.47 bits per heavy atom. The Labute approximate surface area is 105 Å². The molecule has 1 fully saturated rings. The second-order valence-electron chi connectivity index (χ2n) is 6.88. The summed E-state index contributed by atoms with van der Waals surface area (Å²) in [7, 11) is 0. The quantitative estimate of drug-likeness (QED) is 0.690. The topological polar surface area (TPSA) is 40.5 Å². The second-order valence-corrected chi connectivity index (χ2v) is 6.88. The molecule has 0 aromatic heterocycles. The highest BCUT2D eigenvalue weighted by atomic mass is 16.3. The van der Waals surface area contributed by atoms with Gasteiger partial charge in [0.25, 0.3) is 0 Å². The highest BCUT2D eigenvalue weighted by Gasteiger charge is 2.51. The molecule has 3 atom stereocenters. The summed E-state index contributed by atoms with van der Waals surface area (Å²) in [5.41, 5.74) is 2.49. The number of aliphatic hydroxyl groups excluding tert-OH is 2. The molecule has 0 unspecified atom stereocenters. The lowest BCUT2D eigenvalue weighted by atomic mass is 9.50. The van der Waals surface area contributed by atoms with E-state index < -0.39 is 0 Å². The van der Waals surface area contributed by atoms with Gasteiger partial charge in [0, 0.05) is 0 Å². The maximum absolute atomic E-state index is 10.2. The Kier molecular flexibility index (Phi) is 3.16. The maximum Gasteiger partial charge on any atom is 0.0754 e. The molecule has 2 N–H and O–H groups in total. The van der Waals surface area contributed by atoms with Crippen LogP contribution >= 0.6 is 0 Å². The number of rotatable bonds is 1. The fraction of sp³-hybridized carbons (Fsp3) is 0.867. The van der Waals surface area contributed by atoms with Crippen LogP contribution in [0.5, 0.6) is 0 Å². The molecule has 98 valence electrons. The normalized spacial score (nSPS) is 41.3. The largest absolute Gasteiger partial charge is 0.392 e. The van der Waals surface area contributed by atoms with E-state index in [1.807, 2.05) is 6.92 Å². The van der Waals surface area contributed by atoms with E-state index >= 15 is 0 Å². The summed E-state index contributed by atoms with van der Waals surface area (Å²) in [4.78, 5) is 0. The van der Waals surface area contributed by atoms with Gasteiger partial charge in [-0.3, -0.25) is 0 Å². The Hall–Kier alpha value is -0.340. The van der Waals surface area contributed by atoms with E-state index in [1.54, 1.807) is 0 Å². The lowest BCUT2D eigenvalue weighted by Crippen LogP contribution is -2.49. The van der Waals surface area contributed by atoms with Crippen molar-refractivity contribution in [3.05, 3.63) is 11.1 Å². The third-order valence-corrected chi connectivity index (χ3v) is 5.51. The molecule has 2 nitrogen and oxygen atoms in total. The van der Waals surface area contributed by atoms with Crippen molar-refractivity contribution in [1.82, 2.24) is 0 Å². The van der Waals surface area contributed by atoms with Gasteiger partial charge < -0.3 is 10.2 Å². The summed E-state index contributed by atoms with van der Waals surface area (Å²) < 4.78 is 0. The summed E-state index contributed by atoms with van der Waals surface area (Å²) in [5, 5.41) is 19.9. The van der Waals surface area contributed by atoms with Crippen LogP contribution in [0.4, 0.5) is 0 Å². The standard InChI is InChI=1S/C15H26O2/c1-10-11(9-16)15(4)7-5-6-14(2,3)13(15)8-12(10)17/h12-13,16-17H,5-9H2,1-4H3/t12-,13-,15+/m0/s1. The molecule has 0 aromatic rings. The minimum atomic E-state index is -0.354. The smallest absolute Gasteiger partial charge is 0.0754 e. The molecule has 0 heterocycles. The summed E-state index contributed by atoms with van der Waals surface area (Å²) >= 11 is 0. The van der Waals surface area contributed by atoms with Crippen molar-refractivity contribution in [1.29, 1.82) is 0 Å². The zero-order chi connectivity index (χ0) is 12.8. The third kappa shape index (κ3) is 1.86. The highest BCUT2D eigenvalue weighted by molar-refractivity contribution is 5.30. The Balaban J connectivity index is 2.48. The molecule has 0 aromatic carbocycles. The molecule has 2 aliphatic rings. The average molecular weight is 238 g/mol. The summed E-state index contributed by atoms with van der Waals surface area (Å²) in [6.07, 6.45) is 4.12. The first-order valence-corrected chi connectivity index (χ1v) is 6.82. The van der Waals surface area contributed by atoms with Gasteiger partial charge in [0.05, 0.1) is 12.7 Å². The van der Waals surface area contributed by atoms with Crippen molar-refractivity contribution < 1.29 is 10.2 Å². The number of hydrogen-bond donors (Lipinski definition) is 2. The van der Waals surface area contributed by atoms with Crippen LogP contribution in [0.3, 0.4) is 0 Å². The molecule has 2 aliphatic carbocycles. The van der Waals surface area contributed by atoms with Gasteiger partial charge in [0.1, 0.15) is 0 Å². The Morgan fingerprint density at radius 1 is 1.24 bits per heavy atom. The van der Waals surface area contributed by atoms with Gasteiger partial charge in [-0.1, -0.05) is 27.2 Å². The SMILES string of the molecule is CC1=C(CO)[C@@]2(C)CCCC(C)(C)[C@@H]2C[C@@H]1O. The minimum absolute atomic E-state index is 0.0970. The molecule has 17 heavy (non-hydrogen) atoms. The van der Waals surface area contributed by atoms with Crippen LogP contribution in [-0.2, 0) is 0 Å². The molecule has 0 aliphatic heterocycles. The van der Waals surface area contributed by atoms with Crippen molar-refractivity contribution in [3.8, 4) is 0 Å². The van der Waals surface area contributed by atoms with Crippen LogP contribution in [0.25, 0.3) is 0 Å². The molecule has 0 bridgehead atoms. The Morgan fingerprint density at radius 2 is 1.88 bits per heavy atom. The molecular formula is C15H26O2. The first-order chi connectivity index (χ1) is 7.83. The monoisotopic (exact) mass is 238 g/mol. The van der Waals surface area contributed by atoms with Gasteiger partial charge in [0.2, 0.25) is 0 Å².